The van der Waals surface area contributed by atoms with Crippen molar-refractivity contribution in [3.8, 4) is 11.4 Å². The molecular formula is C44H50N8OS. The first-order valence-corrected chi connectivity index (χ1v) is 20.2. The molecule has 9 nitrogen and oxygen atoms in total. The molecule has 0 saturated carbocycles. The van der Waals surface area contributed by atoms with Crippen molar-refractivity contribution in [2.45, 2.75) is 81.6 Å². The second-order valence-electron chi connectivity index (χ2n) is 13.4. The SMILES string of the molecule is CCCCCCCCC/C=C\C=C\[C@@H](SCCc1nn[nH]n1)[C@@H](O)c1cccc(-c2nnn(C(c3ccccc3)(c3ccccc3)c3ccccc3)n2)c1. The van der Waals surface area contributed by atoms with E-state index in [4.69, 9.17) is 10.3 Å². The third kappa shape index (κ3) is 9.86. The fraction of sp³-hybridized carbons (Fsp3) is 0.318. The van der Waals surface area contributed by atoms with Gasteiger partial charge in [0, 0.05) is 17.7 Å². The van der Waals surface area contributed by atoms with Gasteiger partial charge in [0.15, 0.2) is 11.4 Å². The lowest BCUT2D eigenvalue weighted by molar-refractivity contribution is 0.187. The van der Waals surface area contributed by atoms with Gasteiger partial charge < -0.3 is 5.11 Å². The van der Waals surface area contributed by atoms with Crippen molar-refractivity contribution in [3.63, 3.8) is 0 Å². The van der Waals surface area contributed by atoms with Gasteiger partial charge in [0.05, 0.1) is 11.4 Å². The van der Waals surface area contributed by atoms with Gasteiger partial charge in [0.25, 0.3) is 0 Å². The van der Waals surface area contributed by atoms with Crippen molar-refractivity contribution >= 4 is 11.8 Å². The quantitative estimate of drug-likeness (QED) is 0.0426. The average molecular weight is 739 g/mol. The second kappa shape index (κ2) is 20.3. The van der Waals surface area contributed by atoms with Crippen LogP contribution < -0.4 is 0 Å². The lowest BCUT2D eigenvalue weighted by atomic mass is 9.77. The van der Waals surface area contributed by atoms with Crippen LogP contribution in [0.25, 0.3) is 11.4 Å². The summed E-state index contributed by atoms with van der Waals surface area (Å²) < 4.78 is 0. The molecule has 0 bridgehead atoms. The number of aryl methyl sites for hydroxylation is 1. The number of nitrogens with zero attached hydrogens (tertiary/aromatic N) is 7. The predicted molar refractivity (Wildman–Crippen MR) is 218 cm³/mol. The van der Waals surface area contributed by atoms with Crippen LogP contribution in [-0.4, -0.2) is 56.9 Å². The number of benzene rings is 4. The molecule has 0 spiro atoms. The fourth-order valence-electron chi connectivity index (χ4n) is 6.80. The lowest BCUT2D eigenvalue weighted by Crippen LogP contribution is -2.39. The number of allylic oxidation sites excluding steroid dienone is 3. The molecule has 0 aliphatic carbocycles. The van der Waals surface area contributed by atoms with Gasteiger partial charge >= 0.3 is 0 Å². The monoisotopic (exact) mass is 738 g/mol. The van der Waals surface area contributed by atoms with Crippen molar-refractivity contribution < 1.29 is 5.11 Å². The van der Waals surface area contributed by atoms with Gasteiger partial charge in [0.1, 0.15) is 0 Å². The summed E-state index contributed by atoms with van der Waals surface area (Å²) in [5.41, 5.74) is 3.71. The summed E-state index contributed by atoms with van der Waals surface area (Å²) in [4.78, 5) is 1.73. The van der Waals surface area contributed by atoms with Crippen LogP contribution >= 0.6 is 11.8 Å². The van der Waals surface area contributed by atoms with Crippen LogP contribution in [0.2, 0.25) is 0 Å². The first-order chi connectivity index (χ1) is 26.7. The van der Waals surface area contributed by atoms with E-state index in [0.29, 0.717) is 18.1 Å². The molecule has 2 heterocycles. The number of thioether (sulfide) groups is 1. The highest BCUT2D eigenvalue weighted by atomic mass is 32.2. The van der Waals surface area contributed by atoms with Crippen LogP contribution in [0.1, 0.15) is 92.5 Å². The van der Waals surface area contributed by atoms with Crippen LogP contribution in [0.15, 0.2) is 140 Å². The van der Waals surface area contributed by atoms with Crippen molar-refractivity contribution in [1.29, 1.82) is 0 Å². The van der Waals surface area contributed by atoms with E-state index in [2.05, 4.69) is 93.3 Å². The van der Waals surface area contributed by atoms with E-state index in [9.17, 15) is 5.11 Å². The molecule has 2 atom stereocenters. The molecule has 0 aliphatic heterocycles. The topological polar surface area (TPSA) is 118 Å². The molecule has 10 heteroatoms. The highest BCUT2D eigenvalue weighted by Gasteiger charge is 2.41. The Labute approximate surface area is 323 Å². The number of unbranched alkanes of at least 4 members (excludes halogenated alkanes) is 7. The van der Waals surface area contributed by atoms with E-state index in [1.165, 1.54) is 44.9 Å². The Hall–Kier alpha value is -5.19. The Morgan fingerprint density at radius 3 is 2.04 bits per heavy atom. The van der Waals surface area contributed by atoms with Crippen molar-refractivity contribution in [1.82, 2.24) is 40.8 Å². The number of nitrogens with one attached hydrogen (secondary N) is 1. The van der Waals surface area contributed by atoms with Crippen LogP contribution in [0.3, 0.4) is 0 Å². The second-order valence-corrected chi connectivity index (χ2v) is 14.7. The summed E-state index contributed by atoms with van der Waals surface area (Å²) in [6, 6.07) is 38.7. The maximum Gasteiger partial charge on any atom is 0.204 e. The molecule has 0 saturated heterocycles. The number of hydrogen-bond donors (Lipinski definition) is 2. The highest BCUT2D eigenvalue weighted by molar-refractivity contribution is 8.00. The summed E-state index contributed by atoms with van der Waals surface area (Å²) in [5.74, 6) is 1.85. The fourth-order valence-corrected chi connectivity index (χ4v) is 7.92. The Balaban J connectivity index is 1.24. The Bertz CT molecular complexity index is 1900. The summed E-state index contributed by atoms with van der Waals surface area (Å²) in [7, 11) is 0. The standard InChI is InChI=1S/C44H50N8OS/c1-2-3-4-5-6-7-8-9-10-11-21-31-40(54-33-32-41-45-49-50-46-41)42(53)35-23-22-24-36(34-35)43-47-51-52(48-43)44(37-25-15-12-16-26-37,38-27-17-13-18-28-38)39-29-19-14-20-30-39/h10-31,34,40,42,53H,2-9,32-33H2,1H3,(H,45,46,49,50)/b11-10-,31-21+/t40-,42+/m1/s1. The van der Waals surface area contributed by atoms with Crippen molar-refractivity contribution in [2.75, 3.05) is 5.75 Å². The summed E-state index contributed by atoms with van der Waals surface area (Å²) in [5, 5.41) is 40.5. The Morgan fingerprint density at radius 2 is 1.41 bits per heavy atom. The Morgan fingerprint density at radius 1 is 0.759 bits per heavy atom. The zero-order valence-electron chi connectivity index (χ0n) is 31.0. The van der Waals surface area contributed by atoms with E-state index in [-0.39, 0.29) is 5.25 Å². The summed E-state index contributed by atoms with van der Waals surface area (Å²) >= 11 is 1.67. The first kappa shape index (κ1) is 38.5. The molecular weight excluding hydrogens is 689 g/mol. The minimum atomic E-state index is -0.875. The molecule has 0 fully saturated rings. The van der Waals surface area contributed by atoms with Gasteiger partial charge in [-0.15, -0.1) is 25.2 Å². The molecule has 6 aromatic rings. The lowest BCUT2D eigenvalue weighted by Gasteiger charge is -2.34. The van der Waals surface area contributed by atoms with Crippen molar-refractivity contribution in [2.24, 2.45) is 0 Å². The van der Waals surface area contributed by atoms with Crippen molar-refractivity contribution in [3.05, 3.63) is 168 Å². The molecule has 4 aromatic carbocycles. The molecule has 54 heavy (non-hydrogen) atoms. The van der Waals surface area contributed by atoms with E-state index in [1.54, 1.807) is 16.6 Å². The van der Waals surface area contributed by atoms with Gasteiger partial charge in [-0.25, -0.2) is 0 Å². The summed E-state index contributed by atoms with van der Waals surface area (Å²) in [6.45, 7) is 2.26. The number of hydrogen-bond acceptors (Lipinski definition) is 8. The number of aliphatic hydroxyl groups is 1. The van der Waals surface area contributed by atoms with Gasteiger partial charge in [-0.05, 0) is 46.4 Å². The number of H-pyrrole nitrogens is 1. The van der Waals surface area contributed by atoms with E-state index < -0.39 is 11.6 Å². The first-order valence-electron chi connectivity index (χ1n) is 19.1. The minimum absolute atomic E-state index is 0.208. The molecule has 0 aliphatic rings. The molecule has 0 amide bonds. The van der Waals surface area contributed by atoms with Gasteiger partial charge in [-0.3, -0.25) is 0 Å². The van der Waals surface area contributed by atoms with Crippen LogP contribution in [0, 0.1) is 0 Å². The smallest absolute Gasteiger partial charge is 0.204 e. The third-order valence-corrected chi connectivity index (χ3v) is 10.9. The molecule has 2 N–H and O–H groups in total. The van der Waals surface area contributed by atoms with Gasteiger partial charge in [-0.1, -0.05) is 184 Å². The number of aromatic amines is 1. The molecule has 6 rings (SSSR count). The average Bonchev–Trinajstić information content (AvgIpc) is 3.94. The minimum Gasteiger partial charge on any atom is -0.387 e. The number of rotatable bonds is 21. The van der Waals surface area contributed by atoms with E-state index >= 15 is 0 Å². The zero-order chi connectivity index (χ0) is 37.3. The van der Waals surface area contributed by atoms with Crippen LogP contribution in [0.5, 0.6) is 0 Å². The van der Waals surface area contributed by atoms with Crippen LogP contribution in [-0.2, 0) is 12.0 Å². The largest absolute Gasteiger partial charge is 0.387 e. The molecule has 278 valence electrons. The number of tetrazole rings is 2. The maximum atomic E-state index is 11.8. The Kier molecular flexibility index (Phi) is 14.5. The highest BCUT2D eigenvalue weighted by Crippen LogP contribution is 2.40. The summed E-state index contributed by atoms with van der Waals surface area (Å²) in [6.07, 6.45) is 18.5. The van der Waals surface area contributed by atoms with Crippen LogP contribution in [0.4, 0.5) is 0 Å². The predicted octanol–water partition coefficient (Wildman–Crippen LogP) is 9.32. The zero-order valence-corrected chi connectivity index (χ0v) is 31.8. The van der Waals surface area contributed by atoms with E-state index in [0.717, 1.165) is 40.0 Å². The molecule has 2 aromatic heterocycles. The number of aliphatic hydroxyl groups excluding tert-OH is 1. The van der Waals surface area contributed by atoms with E-state index in [1.807, 2.05) is 78.9 Å². The van der Waals surface area contributed by atoms with Gasteiger partial charge in [0.2, 0.25) is 5.82 Å². The van der Waals surface area contributed by atoms with Gasteiger partial charge in [-0.2, -0.15) is 17.0 Å². The molecule has 0 unspecified atom stereocenters. The molecule has 0 radical (unpaired) electrons. The number of aromatic nitrogens is 8. The maximum absolute atomic E-state index is 11.8. The third-order valence-electron chi connectivity index (χ3n) is 9.63. The normalized spacial score (nSPS) is 13.1.